The number of fused-ring (bicyclic) bond motifs is 1. The SMILES string of the molecule is N#Cc1cnc2c(C#N)cc(NC(c3cn(C4CC4)nn3)c3ccccc3Cl)cc2c1Nc1ccc(F)c(Cl)c1. The van der Waals surface area contributed by atoms with Crippen molar-refractivity contribution in [2.45, 2.75) is 24.9 Å². The quantitative estimate of drug-likeness (QED) is 0.211. The summed E-state index contributed by atoms with van der Waals surface area (Å²) in [5.41, 5.74) is 3.84. The number of anilines is 3. The van der Waals surface area contributed by atoms with Crippen LogP contribution in [0.1, 0.15) is 47.3 Å². The number of benzene rings is 3. The number of hydrogen-bond acceptors (Lipinski definition) is 7. The molecule has 1 atom stereocenters. The Hall–Kier alpha value is -4.70. The van der Waals surface area contributed by atoms with Crippen LogP contribution in [0.4, 0.5) is 21.5 Å². The van der Waals surface area contributed by atoms with Crippen LogP contribution in [0.5, 0.6) is 0 Å². The van der Waals surface area contributed by atoms with E-state index in [1.807, 2.05) is 29.1 Å². The van der Waals surface area contributed by atoms with Crippen LogP contribution in [0.15, 0.2) is 67.0 Å². The summed E-state index contributed by atoms with van der Waals surface area (Å²) in [5.74, 6) is -0.560. The standard InChI is InChI=1S/C29H19Cl2FN8/c30-23-4-2-1-3-21(23)29(26-15-40(39-38-26)20-6-7-20)37-19-9-16(12-33)27-22(10-19)28(17(13-34)14-35-27)36-18-5-8-25(32)24(31)11-18/h1-5,8-11,14-15,20,29,37H,6-7H2,(H,35,36). The van der Waals surface area contributed by atoms with Crippen LogP contribution in [0.3, 0.4) is 0 Å². The lowest BCUT2D eigenvalue weighted by Gasteiger charge is -2.21. The number of nitrogens with one attached hydrogen (secondary N) is 2. The number of nitriles is 2. The second-order valence-electron chi connectivity index (χ2n) is 9.40. The highest BCUT2D eigenvalue weighted by molar-refractivity contribution is 6.31. The summed E-state index contributed by atoms with van der Waals surface area (Å²) >= 11 is 12.6. The largest absolute Gasteiger partial charge is 0.373 e. The molecular weight excluding hydrogens is 550 g/mol. The first-order valence-electron chi connectivity index (χ1n) is 12.4. The maximum Gasteiger partial charge on any atom is 0.141 e. The van der Waals surface area contributed by atoms with Gasteiger partial charge in [0.05, 0.1) is 45.6 Å². The van der Waals surface area contributed by atoms with E-state index in [4.69, 9.17) is 23.2 Å². The maximum absolute atomic E-state index is 13.8. The predicted molar refractivity (Wildman–Crippen MR) is 151 cm³/mol. The molecular formula is C29H19Cl2FN8. The Labute approximate surface area is 238 Å². The van der Waals surface area contributed by atoms with Crippen LogP contribution in [-0.2, 0) is 0 Å². The first kappa shape index (κ1) is 25.6. The van der Waals surface area contributed by atoms with E-state index in [0.29, 0.717) is 50.3 Å². The fourth-order valence-corrected chi connectivity index (χ4v) is 4.96. The smallest absolute Gasteiger partial charge is 0.141 e. The monoisotopic (exact) mass is 568 g/mol. The highest BCUT2D eigenvalue weighted by Crippen LogP contribution is 2.38. The molecule has 2 heterocycles. The van der Waals surface area contributed by atoms with Gasteiger partial charge in [-0.15, -0.1) is 5.10 Å². The van der Waals surface area contributed by atoms with Gasteiger partial charge in [0.2, 0.25) is 0 Å². The van der Waals surface area contributed by atoms with Crippen molar-refractivity contribution in [2.75, 3.05) is 10.6 Å². The molecule has 0 aliphatic heterocycles. The normalized spacial score (nSPS) is 13.4. The third-order valence-electron chi connectivity index (χ3n) is 6.67. The summed E-state index contributed by atoms with van der Waals surface area (Å²) in [6.07, 6.45) is 5.43. The lowest BCUT2D eigenvalue weighted by atomic mass is 10.0. The molecule has 1 unspecified atom stereocenters. The van der Waals surface area contributed by atoms with Gasteiger partial charge in [-0.3, -0.25) is 4.98 Å². The minimum Gasteiger partial charge on any atom is -0.373 e. The number of pyridine rings is 1. The molecule has 5 aromatic rings. The molecule has 1 aliphatic carbocycles. The average Bonchev–Trinajstić information content (AvgIpc) is 3.70. The molecule has 1 fully saturated rings. The summed E-state index contributed by atoms with van der Waals surface area (Å²) < 4.78 is 15.6. The molecule has 0 radical (unpaired) electrons. The third-order valence-corrected chi connectivity index (χ3v) is 7.31. The van der Waals surface area contributed by atoms with Gasteiger partial charge in [-0.2, -0.15) is 10.5 Å². The maximum atomic E-state index is 13.8. The van der Waals surface area contributed by atoms with Crippen molar-refractivity contribution in [2.24, 2.45) is 0 Å². The summed E-state index contributed by atoms with van der Waals surface area (Å²) in [6.45, 7) is 0. The molecule has 2 N–H and O–H groups in total. The molecule has 2 aromatic heterocycles. The van der Waals surface area contributed by atoms with Crippen molar-refractivity contribution in [3.63, 3.8) is 0 Å². The van der Waals surface area contributed by atoms with Gasteiger partial charge in [0.1, 0.15) is 23.6 Å². The molecule has 8 nitrogen and oxygen atoms in total. The molecule has 1 saturated carbocycles. The van der Waals surface area contributed by atoms with E-state index >= 15 is 0 Å². The zero-order chi connectivity index (χ0) is 27.8. The van der Waals surface area contributed by atoms with Gasteiger partial charge in [0.25, 0.3) is 0 Å². The molecule has 0 amide bonds. The Balaban J connectivity index is 1.48. The lowest BCUT2D eigenvalue weighted by Crippen LogP contribution is -2.14. The van der Waals surface area contributed by atoms with Crippen molar-refractivity contribution >= 4 is 51.2 Å². The van der Waals surface area contributed by atoms with E-state index in [0.717, 1.165) is 18.4 Å². The van der Waals surface area contributed by atoms with Crippen molar-refractivity contribution in [1.82, 2.24) is 20.0 Å². The van der Waals surface area contributed by atoms with Gasteiger partial charge in [0.15, 0.2) is 0 Å². The van der Waals surface area contributed by atoms with E-state index in [1.54, 1.807) is 18.2 Å². The van der Waals surface area contributed by atoms with Gasteiger partial charge >= 0.3 is 0 Å². The van der Waals surface area contributed by atoms with Crippen molar-refractivity contribution in [3.8, 4) is 12.1 Å². The van der Waals surface area contributed by atoms with Gasteiger partial charge in [0, 0.05) is 28.0 Å². The van der Waals surface area contributed by atoms with E-state index in [2.05, 4.69) is 38.1 Å². The Bertz CT molecular complexity index is 1850. The number of nitrogens with zero attached hydrogens (tertiary/aromatic N) is 6. The fourth-order valence-electron chi connectivity index (χ4n) is 4.54. The Kier molecular flexibility index (Phi) is 6.69. The fraction of sp³-hybridized carbons (Fsp3) is 0.138. The molecule has 1 aliphatic rings. The van der Waals surface area contributed by atoms with E-state index in [-0.39, 0.29) is 10.6 Å². The Morgan fingerprint density at radius 2 is 1.77 bits per heavy atom. The third kappa shape index (κ3) is 4.89. The molecule has 40 heavy (non-hydrogen) atoms. The highest BCUT2D eigenvalue weighted by Gasteiger charge is 2.28. The van der Waals surface area contributed by atoms with Crippen molar-refractivity contribution < 1.29 is 4.39 Å². The number of hydrogen-bond donors (Lipinski definition) is 2. The average molecular weight is 569 g/mol. The topological polar surface area (TPSA) is 115 Å². The number of rotatable bonds is 7. The first-order valence-corrected chi connectivity index (χ1v) is 13.1. The number of aromatic nitrogens is 4. The second-order valence-corrected chi connectivity index (χ2v) is 10.2. The number of halogens is 3. The van der Waals surface area contributed by atoms with Crippen LogP contribution >= 0.6 is 23.2 Å². The molecule has 0 spiro atoms. The van der Waals surface area contributed by atoms with E-state index in [1.165, 1.54) is 24.4 Å². The molecule has 0 saturated heterocycles. The second kappa shape index (κ2) is 10.5. The summed E-state index contributed by atoms with van der Waals surface area (Å²) in [6, 6.07) is 19.3. The van der Waals surface area contributed by atoms with Crippen LogP contribution in [0.25, 0.3) is 10.9 Å². The summed E-state index contributed by atoms with van der Waals surface area (Å²) in [4.78, 5) is 4.39. The summed E-state index contributed by atoms with van der Waals surface area (Å²) in [5, 5.41) is 36.2. The highest BCUT2D eigenvalue weighted by atomic mass is 35.5. The van der Waals surface area contributed by atoms with Crippen molar-refractivity contribution in [3.05, 3.63) is 105 Å². The van der Waals surface area contributed by atoms with Gasteiger partial charge < -0.3 is 10.6 Å². The van der Waals surface area contributed by atoms with Gasteiger partial charge in [-0.05, 0) is 54.8 Å². The molecule has 0 bridgehead atoms. The van der Waals surface area contributed by atoms with Crippen LogP contribution in [0.2, 0.25) is 10.0 Å². The zero-order valence-corrected chi connectivity index (χ0v) is 22.2. The predicted octanol–water partition coefficient (Wildman–Crippen LogP) is 7.30. The van der Waals surface area contributed by atoms with Gasteiger partial charge in [-0.25, -0.2) is 9.07 Å². The summed E-state index contributed by atoms with van der Waals surface area (Å²) in [7, 11) is 0. The van der Waals surface area contributed by atoms with E-state index in [9.17, 15) is 14.9 Å². The minimum absolute atomic E-state index is 0.0660. The minimum atomic E-state index is -0.560. The van der Waals surface area contributed by atoms with Crippen molar-refractivity contribution in [1.29, 1.82) is 10.5 Å². The zero-order valence-electron chi connectivity index (χ0n) is 20.7. The van der Waals surface area contributed by atoms with Crippen LogP contribution in [-0.4, -0.2) is 20.0 Å². The Morgan fingerprint density at radius 3 is 2.50 bits per heavy atom. The van der Waals surface area contributed by atoms with Crippen LogP contribution in [0, 0.1) is 28.5 Å². The molecule has 6 rings (SSSR count). The van der Waals surface area contributed by atoms with Crippen LogP contribution < -0.4 is 10.6 Å². The molecule has 3 aromatic carbocycles. The van der Waals surface area contributed by atoms with E-state index < -0.39 is 11.9 Å². The Morgan fingerprint density at radius 1 is 0.975 bits per heavy atom. The lowest BCUT2D eigenvalue weighted by molar-refractivity contribution is 0.610. The first-order chi connectivity index (χ1) is 19.4. The van der Waals surface area contributed by atoms with Gasteiger partial charge in [-0.1, -0.05) is 46.6 Å². The molecule has 196 valence electrons. The molecule has 11 heteroatoms.